The van der Waals surface area contributed by atoms with Gasteiger partial charge in [-0.05, 0) is 32.1 Å². The van der Waals surface area contributed by atoms with Crippen LogP contribution in [0.25, 0.3) is 11.8 Å². The normalized spacial score (nSPS) is 12.5. The van der Waals surface area contributed by atoms with Gasteiger partial charge in [-0.1, -0.05) is 18.2 Å². The van der Waals surface area contributed by atoms with Gasteiger partial charge in [0.05, 0.1) is 16.6 Å². The molecule has 1 aliphatic heterocycles. The van der Waals surface area contributed by atoms with Crippen molar-refractivity contribution in [2.45, 2.75) is 13.8 Å². The lowest BCUT2D eigenvalue weighted by molar-refractivity contribution is -0.385. The van der Waals surface area contributed by atoms with E-state index in [0.717, 1.165) is 10.1 Å². The van der Waals surface area contributed by atoms with Crippen molar-refractivity contribution >= 4 is 23.4 Å². The second-order valence-corrected chi connectivity index (χ2v) is 6.74. The molecule has 9 heteroatoms. The number of aromatic nitrogens is 1. The summed E-state index contributed by atoms with van der Waals surface area (Å²) in [5.74, 6) is 0.121. The second kappa shape index (κ2) is 8.64. The summed E-state index contributed by atoms with van der Waals surface area (Å²) in [6.07, 6.45) is 2.77. The zero-order valence-electron chi connectivity index (χ0n) is 16.7. The van der Waals surface area contributed by atoms with Crippen LogP contribution < -0.4 is 15.0 Å². The van der Waals surface area contributed by atoms with Crippen LogP contribution in [0.1, 0.15) is 19.4 Å². The summed E-state index contributed by atoms with van der Waals surface area (Å²) in [6.45, 7) is 8.03. The van der Waals surface area contributed by atoms with Crippen molar-refractivity contribution in [3.05, 3.63) is 74.7 Å². The van der Waals surface area contributed by atoms with E-state index < -0.39 is 16.4 Å². The van der Waals surface area contributed by atoms with Gasteiger partial charge in [-0.2, -0.15) is 0 Å². The molecule has 0 spiro atoms. The molecule has 9 nitrogen and oxygen atoms in total. The van der Waals surface area contributed by atoms with Crippen molar-refractivity contribution in [2.75, 3.05) is 19.9 Å². The summed E-state index contributed by atoms with van der Waals surface area (Å²) in [4.78, 5) is 38.3. The average molecular weight is 411 g/mol. The van der Waals surface area contributed by atoms with Crippen molar-refractivity contribution in [1.82, 2.24) is 9.47 Å². The Hall–Kier alpha value is -3.88. The van der Waals surface area contributed by atoms with Gasteiger partial charge in [0.25, 0.3) is 17.2 Å². The number of benzene rings is 1. The molecule has 3 rings (SSSR count). The van der Waals surface area contributed by atoms with Gasteiger partial charge in [0.1, 0.15) is 5.70 Å². The Balaban J connectivity index is 2.21. The van der Waals surface area contributed by atoms with Gasteiger partial charge in [-0.25, -0.2) is 0 Å². The molecular formula is C21H21N3O6. The molecule has 1 aromatic carbocycles. The highest BCUT2D eigenvalue weighted by molar-refractivity contribution is 6.18. The fourth-order valence-electron chi connectivity index (χ4n) is 3.04. The molecule has 1 aromatic heterocycles. The van der Waals surface area contributed by atoms with Crippen LogP contribution in [0.15, 0.2) is 53.5 Å². The number of hydrogen-bond acceptors (Lipinski definition) is 6. The van der Waals surface area contributed by atoms with Gasteiger partial charge in [-0.15, -0.1) is 0 Å². The average Bonchev–Trinajstić information content (AvgIpc) is 3.17. The van der Waals surface area contributed by atoms with Crippen molar-refractivity contribution in [1.29, 1.82) is 0 Å². The molecule has 2 heterocycles. The summed E-state index contributed by atoms with van der Waals surface area (Å²) >= 11 is 0. The monoisotopic (exact) mass is 411 g/mol. The van der Waals surface area contributed by atoms with E-state index in [2.05, 4.69) is 6.58 Å². The molecule has 0 fully saturated rings. The summed E-state index contributed by atoms with van der Waals surface area (Å²) in [7, 11) is 0. The Kier molecular flexibility index (Phi) is 6.01. The van der Waals surface area contributed by atoms with E-state index in [0.29, 0.717) is 12.3 Å². The lowest BCUT2D eigenvalue weighted by atomic mass is 10.1. The minimum Gasteiger partial charge on any atom is -0.454 e. The quantitative estimate of drug-likeness (QED) is 0.300. The Morgan fingerprint density at radius 3 is 2.63 bits per heavy atom. The molecule has 0 atom stereocenters. The molecule has 0 aliphatic carbocycles. The maximum Gasteiger partial charge on any atom is 0.280 e. The topological polar surface area (TPSA) is 104 Å². The molecule has 0 radical (unpaired) electrons. The number of hydrogen-bond donors (Lipinski definition) is 0. The number of ether oxygens (including phenoxy) is 2. The lowest BCUT2D eigenvalue weighted by Gasteiger charge is -2.23. The van der Waals surface area contributed by atoms with Crippen LogP contribution >= 0.6 is 0 Å². The van der Waals surface area contributed by atoms with Crippen LogP contribution in [0.3, 0.4) is 0 Å². The second-order valence-electron chi connectivity index (χ2n) is 6.74. The molecule has 0 N–H and O–H groups in total. The van der Waals surface area contributed by atoms with Crippen molar-refractivity contribution < 1.29 is 19.2 Å². The van der Waals surface area contributed by atoms with Gasteiger partial charge in [0, 0.05) is 25.4 Å². The molecule has 0 saturated heterocycles. The molecule has 156 valence electrons. The van der Waals surface area contributed by atoms with Crippen molar-refractivity contribution in [3.8, 4) is 11.5 Å². The smallest absolute Gasteiger partial charge is 0.280 e. The number of pyridine rings is 1. The summed E-state index contributed by atoms with van der Waals surface area (Å²) in [5, 5.41) is 11.6. The molecule has 0 unspecified atom stereocenters. The number of nitrogens with zero attached hydrogens (tertiary/aromatic N) is 3. The predicted octanol–water partition coefficient (Wildman–Crippen LogP) is 2.91. The van der Waals surface area contributed by atoms with E-state index >= 15 is 0 Å². The van der Waals surface area contributed by atoms with Crippen LogP contribution in [-0.2, 0) is 4.79 Å². The van der Waals surface area contributed by atoms with Crippen molar-refractivity contribution in [3.63, 3.8) is 0 Å². The van der Waals surface area contributed by atoms with Crippen LogP contribution in [-0.4, -0.2) is 40.2 Å². The number of carbonyl (C=O) groups is 1. The van der Waals surface area contributed by atoms with E-state index in [1.807, 2.05) is 0 Å². The largest absolute Gasteiger partial charge is 0.454 e. The maximum absolute atomic E-state index is 13.3. The third-order valence-electron chi connectivity index (χ3n) is 4.44. The van der Waals surface area contributed by atoms with Gasteiger partial charge in [-0.3, -0.25) is 24.3 Å². The zero-order valence-corrected chi connectivity index (χ0v) is 16.7. The summed E-state index contributed by atoms with van der Waals surface area (Å²) < 4.78 is 11.7. The Labute approximate surface area is 172 Å². The fraction of sp³-hybridized carbons (Fsp3) is 0.238. The predicted molar refractivity (Wildman–Crippen MR) is 111 cm³/mol. The summed E-state index contributed by atoms with van der Waals surface area (Å²) in [5.41, 5.74) is 0.155. The van der Waals surface area contributed by atoms with E-state index in [4.69, 9.17) is 9.47 Å². The van der Waals surface area contributed by atoms with E-state index in [-0.39, 0.29) is 36.0 Å². The number of carbonyl (C=O) groups excluding carboxylic acids is 1. The number of rotatable bonds is 7. The first-order chi connectivity index (χ1) is 14.3. The Morgan fingerprint density at radius 2 is 2.03 bits per heavy atom. The summed E-state index contributed by atoms with van der Waals surface area (Å²) in [6, 6.07) is 7.14. The van der Waals surface area contributed by atoms with Crippen LogP contribution in [0.2, 0.25) is 0 Å². The Bertz CT molecular complexity index is 1100. The highest BCUT2D eigenvalue weighted by Gasteiger charge is 2.25. The maximum atomic E-state index is 13.3. The van der Waals surface area contributed by atoms with Crippen LogP contribution in [0, 0.1) is 10.1 Å². The molecule has 2 aromatic rings. The Morgan fingerprint density at radius 1 is 1.33 bits per heavy atom. The minimum atomic E-state index is -0.574. The number of nitro groups is 1. The molecule has 1 aliphatic rings. The van der Waals surface area contributed by atoms with E-state index in [9.17, 15) is 19.7 Å². The number of likely N-dealkylation sites (N-methyl/N-ethyl adjacent to an activating group) is 1. The van der Waals surface area contributed by atoms with Crippen LogP contribution in [0.4, 0.5) is 5.69 Å². The molecule has 30 heavy (non-hydrogen) atoms. The SMILES string of the molecule is C=C(C)CN(CC)C(=O)C(=Cc1cc2c(cc1[N+](=O)[O-])OCO2)n1ccccc1=O. The van der Waals surface area contributed by atoms with Gasteiger partial charge in [0.15, 0.2) is 11.5 Å². The molecule has 0 saturated carbocycles. The zero-order chi connectivity index (χ0) is 21.8. The first-order valence-corrected chi connectivity index (χ1v) is 9.23. The highest BCUT2D eigenvalue weighted by atomic mass is 16.7. The number of nitro benzene ring substituents is 1. The first kappa shape index (κ1) is 20.8. The molecule has 0 bridgehead atoms. The highest BCUT2D eigenvalue weighted by Crippen LogP contribution is 2.39. The van der Waals surface area contributed by atoms with Crippen LogP contribution in [0.5, 0.6) is 11.5 Å². The third-order valence-corrected chi connectivity index (χ3v) is 4.44. The first-order valence-electron chi connectivity index (χ1n) is 9.23. The fourth-order valence-corrected chi connectivity index (χ4v) is 3.04. The third kappa shape index (κ3) is 4.24. The van der Waals surface area contributed by atoms with Crippen molar-refractivity contribution in [2.24, 2.45) is 0 Å². The number of amides is 1. The minimum absolute atomic E-state index is 0.0225. The van der Waals surface area contributed by atoms with Gasteiger partial charge in [0.2, 0.25) is 6.79 Å². The molecule has 1 amide bonds. The lowest BCUT2D eigenvalue weighted by Crippen LogP contribution is -2.36. The van der Waals surface area contributed by atoms with E-state index in [1.165, 1.54) is 35.4 Å². The molecular weight excluding hydrogens is 390 g/mol. The van der Waals surface area contributed by atoms with Gasteiger partial charge >= 0.3 is 0 Å². The number of fused-ring (bicyclic) bond motifs is 1. The van der Waals surface area contributed by atoms with Gasteiger partial charge < -0.3 is 14.4 Å². The van der Waals surface area contributed by atoms with E-state index in [1.54, 1.807) is 26.0 Å². The standard InChI is InChI=1S/C21H21N3O6/c1-4-22(12-14(2)3)21(26)17(23-8-6-5-7-20(23)25)9-15-10-18-19(30-13-29-18)11-16(15)24(27)28/h5-11H,2,4,12-13H2,1,3H3.